The molecule has 0 spiro atoms. The smallest absolute Gasteiger partial charge is 0.339 e. The molecule has 1 saturated heterocycles. The molecule has 0 N–H and O–H groups in total. The number of ether oxygens (including phenoxy) is 2. The van der Waals surface area contributed by atoms with Crippen LogP contribution in [0, 0.1) is 0 Å². The summed E-state index contributed by atoms with van der Waals surface area (Å²) in [4.78, 5) is 19.8. The average molecular weight is 247 g/mol. The van der Waals surface area contributed by atoms with Crippen LogP contribution in [0.15, 0.2) is 18.6 Å². The third-order valence-electron chi connectivity index (χ3n) is 3.09. The summed E-state index contributed by atoms with van der Waals surface area (Å²) in [6.45, 7) is 1.56. The molecule has 2 aromatic rings. The minimum atomic E-state index is -0.392. The number of imidazole rings is 1. The number of methoxy groups -OCH3 is 1. The lowest BCUT2D eigenvalue weighted by molar-refractivity contribution is -0.0586. The van der Waals surface area contributed by atoms with Crippen molar-refractivity contribution in [3.63, 3.8) is 0 Å². The highest BCUT2D eigenvalue weighted by Gasteiger charge is 2.20. The molecule has 2 aromatic heterocycles. The van der Waals surface area contributed by atoms with Gasteiger partial charge in [-0.2, -0.15) is 0 Å². The van der Waals surface area contributed by atoms with Gasteiger partial charge in [-0.05, 0) is 12.5 Å². The summed E-state index contributed by atoms with van der Waals surface area (Å²) in [6.07, 6.45) is 4.50. The van der Waals surface area contributed by atoms with Crippen molar-refractivity contribution in [2.75, 3.05) is 13.7 Å². The van der Waals surface area contributed by atoms with E-state index in [1.54, 1.807) is 12.4 Å². The summed E-state index contributed by atoms with van der Waals surface area (Å²) in [5.74, 6) is -0.392. The predicted octanol–water partition coefficient (Wildman–Crippen LogP) is 1.01. The van der Waals surface area contributed by atoms with Gasteiger partial charge in [0.05, 0.1) is 37.2 Å². The zero-order valence-electron chi connectivity index (χ0n) is 10.00. The Hall–Kier alpha value is -1.95. The normalized spacial score (nSPS) is 18.6. The van der Waals surface area contributed by atoms with Crippen LogP contribution in [0.3, 0.4) is 0 Å². The Labute approximate surface area is 104 Å². The Balaban J connectivity index is 1.96. The van der Waals surface area contributed by atoms with Gasteiger partial charge in [0.2, 0.25) is 0 Å². The maximum absolute atomic E-state index is 11.5. The van der Waals surface area contributed by atoms with Gasteiger partial charge < -0.3 is 14.0 Å². The first-order valence-corrected chi connectivity index (χ1v) is 5.79. The first-order valence-electron chi connectivity index (χ1n) is 5.79. The van der Waals surface area contributed by atoms with Crippen LogP contribution in [0.5, 0.6) is 0 Å². The van der Waals surface area contributed by atoms with E-state index < -0.39 is 5.97 Å². The minimum absolute atomic E-state index is 0.240. The highest BCUT2D eigenvalue weighted by molar-refractivity contribution is 5.92. The Morgan fingerprint density at radius 3 is 3.11 bits per heavy atom. The monoisotopic (exact) mass is 247 g/mol. The van der Waals surface area contributed by atoms with Gasteiger partial charge >= 0.3 is 5.97 Å². The second kappa shape index (κ2) is 4.38. The largest absolute Gasteiger partial charge is 0.465 e. The van der Waals surface area contributed by atoms with Crippen molar-refractivity contribution in [3.05, 3.63) is 24.2 Å². The van der Waals surface area contributed by atoms with E-state index in [1.165, 1.54) is 13.3 Å². The van der Waals surface area contributed by atoms with Crippen molar-refractivity contribution >= 4 is 17.1 Å². The summed E-state index contributed by atoms with van der Waals surface area (Å²) < 4.78 is 12.0. The Kier molecular flexibility index (Phi) is 2.71. The van der Waals surface area contributed by atoms with Gasteiger partial charge in [-0.1, -0.05) is 0 Å². The zero-order valence-corrected chi connectivity index (χ0v) is 10.00. The number of carbonyl (C=O) groups is 1. The third-order valence-corrected chi connectivity index (χ3v) is 3.09. The van der Waals surface area contributed by atoms with Gasteiger partial charge in [0.25, 0.3) is 0 Å². The van der Waals surface area contributed by atoms with Crippen LogP contribution >= 0.6 is 0 Å². The molecule has 3 rings (SSSR count). The van der Waals surface area contributed by atoms with Gasteiger partial charge in [-0.3, -0.25) is 0 Å². The van der Waals surface area contributed by atoms with Crippen LogP contribution in [-0.2, 0) is 16.0 Å². The lowest BCUT2D eigenvalue weighted by Crippen LogP contribution is -2.30. The second-order valence-corrected chi connectivity index (χ2v) is 4.24. The van der Waals surface area contributed by atoms with Gasteiger partial charge in [0.1, 0.15) is 0 Å². The van der Waals surface area contributed by atoms with E-state index in [9.17, 15) is 4.79 Å². The Morgan fingerprint density at radius 2 is 2.44 bits per heavy atom. The van der Waals surface area contributed by atoms with Crippen molar-refractivity contribution < 1.29 is 14.3 Å². The maximum atomic E-state index is 11.5. The number of aromatic nitrogens is 3. The number of carbonyl (C=O) groups excluding carboxylic acids is 1. The van der Waals surface area contributed by atoms with Crippen molar-refractivity contribution in [1.82, 2.24) is 14.5 Å². The first kappa shape index (κ1) is 11.2. The molecule has 0 saturated carbocycles. The molecule has 1 aliphatic heterocycles. The van der Waals surface area contributed by atoms with Crippen LogP contribution in [0.25, 0.3) is 11.2 Å². The molecule has 6 nitrogen and oxygen atoms in total. The number of nitrogens with zero attached hydrogens (tertiary/aromatic N) is 3. The molecule has 1 aliphatic rings. The Morgan fingerprint density at radius 1 is 1.61 bits per heavy atom. The number of rotatable bonds is 3. The molecule has 6 heteroatoms. The molecule has 0 radical (unpaired) electrons. The molecule has 18 heavy (non-hydrogen) atoms. The van der Waals surface area contributed by atoms with Crippen LogP contribution in [0.1, 0.15) is 16.8 Å². The predicted molar refractivity (Wildman–Crippen MR) is 63.2 cm³/mol. The zero-order chi connectivity index (χ0) is 12.5. The number of pyridine rings is 1. The van der Waals surface area contributed by atoms with E-state index >= 15 is 0 Å². The topological polar surface area (TPSA) is 66.2 Å². The second-order valence-electron chi connectivity index (χ2n) is 4.24. The van der Waals surface area contributed by atoms with E-state index in [0.717, 1.165) is 25.1 Å². The molecule has 1 atom stereocenters. The van der Waals surface area contributed by atoms with Gasteiger partial charge in [-0.25, -0.2) is 14.8 Å². The Bertz CT molecular complexity index is 589. The van der Waals surface area contributed by atoms with Gasteiger partial charge in [-0.15, -0.1) is 0 Å². The van der Waals surface area contributed by atoms with Gasteiger partial charge in [0, 0.05) is 12.8 Å². The van der Waals surface area contributed by atoms with Crippen molar-refractivity contribution in [2.24, 2.45) is 0 Å². The number of hydrogen-bond donors (Lipinski definition) is 0. The first-order chi connectivity index (χ1) is 8.78. The van der Waals surface area contributed by atoms with E-state index in [1.807, 2.05) is 4.57 Å². The number of fused-ring (bicyclic) bond motifs is 1. The molecule has 0 aromatic carbocycles. The summed E-state index contributed by atoms with van der Waals surface area (Å²) in [6, 6.07) is 1.75. The maximum Gasteiger partial charge on any atom is 0.339 e. The van der Waals surface area contributed by atoms with Gasteiger partial charge in [0.15, 0.2) is 5.65 Å². The van der Waals surface area contributed by atoms with Crippen molar-refractivity contribution in [1.29, 1.82) is 0 Å². The van der Waals surface area contributed by atoms with Crippen molar-refractivity contribution in [2.45, 2.75) is 19.1 Å². The van der Waals surface area contributed by atoms with E-state index in [-0.39, 0.29) is 6.10 Å². The molecular formula is C12H13N3O3. The van der Waals surface area contributed by atoms with E-state index in [0.29, 0.717) is 11.2 Å². The average Bonchev–Trinajstić information content (AvgIpc) is 2.75. The highest BCUT2D eigenvalue weighted by atomic mass is 16.5. The fourth-order valence-electron chi connectivity index (χ4n) is 1.97. The SMILES string of the molecule is COC(=O)c1cnc2ncn(C[C@@H]3CCO3)c2c1. The minimum Gasteiger partial charge on any atom is -0.465 e. The molecule has 94 valence electrons. The molecule has 0 aliphatic carbocycles. The molecule has 3 heterocycles. The van der Waals surface area contributed by atoms with E-state index in [4.69, 9.17) is 4.74 Å². The van der Waals surface area contributed by atoms with Crippen molar-refractivity contribution in [3.8, 4) is 0 Å². The summed E-state index contributed by atoms with van der Waals surface area (Å²) >= 11 is 0. The molecule has 0 bridgehead atoms. The molecule has 0 amide bonds. The molecular weight excluding hydrogens is 234 g/mol. The summed E-state index contributed by atoms with van der Waals surface area (Å²) in [5.41, 5.74) is 1.89. The number of esters is 1. The van der Waals surface area contributed by atoms with Crippen LogP contribution < -0.4 is 0 Å². The summed E-state index contributed by atoms with van der Waals surface area (Å²) in [7, 11) is 1.35. The lowest BCUT2D eigenvalue weighted by atomic mass is 10.2. The van der Waals surface area contributed by atoms with Crippen LogP contribution in [-0.4, -0.2) is 40.3 Å². The van der Waals surface area contributed by atoms with E-state index in [2.05, 4.69) is 14.7 Å². The fourth-order valence-corrected chi connectivity index (χ4v) is 1.97. The fraction of sp³-hybridized carbons (Fsp3) is 0.417. The quantitative estimate of drug-likeness (QED) is 0.757. The standard InChI is InChI=1S/C12H13N3O3/c1-17-12(16)8-4-10-11(13-5-8)14-7-15(10)6-9-2-3-18-9/h4-5,7,9H,2-3,6H2,1H3/t9-/m0/s1. The van der Waals surface area contributed by atoms with Crippen LogP contribution in [0.2, 0.25) is 0 Å². The third kappa shape index (κ3) is 1.84. The summed E-state index contributed by atoms with van der Waals surface area (Å²) in [5, 5.41) is 0. The number of hydrogen-bond acceptors (Lipinski definition) is 5. The van der Waals surface area contributed by atoms with Crippen LogP contribution in [0.4, 0.5) is 0 Å². The molecule has 0 unspecified atom stereocenters. The highest BCUT2D eigenvalue weighted by Crippen LogP contribution is 2.18. The lowest BCUT2D eigenvalue weighted by Gasteiger charge is -2.26. The molecule has 1 fully saturated rings.